The Morgan fingerprint density at radius 3 is 2.74 bits per heavy atom. The number of carboxylic acid groups (broad SMARTS) is 1. The second-order valence-electron chi connectivity index (χ2n) is 4.72. The molecule has 0 amide bonds. The Balaban J connectivity index is 2.07. The van der Waals surface area contributed by atoms with Gasteiger partial charge in [0, 0.05) is 11.5 Å². The molecule has 98 valence electrons. The first-order valence-electron chi connectivity index (χ1n) is 6.08. The van der Waals surface area contributed by atoms with Crippen LogP contribution >= 0.6 is 11.6 Å². The number of fused-ring (bicyclic) bond motifs is 1. The highest BCUT2D eigenvalue weighted by Gasteiger charge is 2.47. The Morgan fingerprint density at radius 1 is 1.37 bits per heavy atom. The zero-order valence-corrected chi connectivity index (χ0v) is 10.9. The maximum Gasteiger partial charge on any atom is 0.348 e. The number of pyridine rings is 1. The van der Waals surface area contributed by atoms with Crippen LogP contribution < -0.4 is 4.74 Å². The van der Waals surface area contributed by atoms with Gasteiger partial charge in [0.1, 0.15) is 10.9 Å². The summed E-state index contributed by atoms with van der Waals surface area (Å²) in [5.74, 6) is -0.437. The van der Waals surface area contributed by atoms with Crippen molar-refractivity contribution in [2.75, 3.05) is 0 Å². The van der Waals surface area contributed by atoms with Crippen LogP contribution in [0.4, 0.5) is 0 Å². The molecule has 0 bridgehead atoms. The van der Waals surface area contributed by atoms with Crippen molar-refractivity contribution < 1.29 is 14.6 Å². The number of hydrogen-bond donors (Lipinski definition) is 1. The molecule has 4 nitrogen and oxygen atoms in total. The number of carbonyl (C=O) groups is 1. The van der Waals surface area contributed by atoms with Crippen molar-refractivity contribution in [2.45, 2.75) is 24.9 Å². The molecule has 1 aromatic carbocycles. The molecule has 1 N–H and O–H groups in total. The van der Waals surface area contributed by atoms with Gasteiger partial charge in [0.25, 0.3) is 0 Å². The first-order valence-corrected chi connectivity index (χ1v) is 6.46. The van der Waals surface area contributed by atoms with Gasteiger partial charge in [-0.25, -0.2) is 9.78 Å². The fourth-order valence-corrected chi connectivity index (χ4v) is 2.46. The third-order valence-electron chi connectivity index (χ3n) is 3.50. The number of halogens is 1. The minimum absolute atomic E-state index is 0.300. The molecular formula is C14H12ClNO3. The van der Waals surface area contributed by atoms with Crippen molar-refractivity contribution in [1.29, 1.82) is 0 Å². The van der Waals surface area contributed by atoms with E-state index in [2.05, 4.69) is 4.98 Å². The summed E-state index contributed by atoms with van der Waals surface area (Å²) >= 11 is 5.95. The number of ether oxygens (including phenoxy) is 1. The molecule has 0 saturated heterocycles. The number of rotatable bonds is 3. The second-order valence-corrected chi connectivity index (χ2v) is 5.10. The summed E-state index contributed by atoms with van der Waals surface area (Å²) in [5.41, 5.74) is -0.405. The highest BCUT2D eigenvalue weighted by Crippen LogP contribution is 2.39. The van der Waals surface area contributed by atoms with Gasteiger partial charge in [-0.15, -0.1) is 0 Å². The van der Waals surface area contributed by atoms with E-state index in [1.54, 1.807) is 6.07 Å². The summed E-state index contributed by atoms with van der Waals surface area (Å²) in [5, 5.41) is 10.4. The molecule has 1 fully saturated rings. The van der Waals surface area contributed by atoms with Crippen molar-refractivity contribution in [2.24, 2.45) is 0 Å². The van der Waals surface area contributed by atoms with Crippen molar-refractivity contribution in [3.63, 3.8) is 0 Å². The molecule has 0 atom stereocenters. The summed E-state index contributed by atoms with van der Waals surface area (Å²) in [6.07, 6.45) is 1.91. The Hall–Kier alpha value is -1.81. The third-order valence-corrected chi connectivity index (χ3v) is 3.70. The van der Waals surface area contributed by atoms with E-state index in [1.807, 2.05) is 24.3 Å². The average molecular weight is 278 g/mol. The average Bonchev–Trinajstić information content (AvgIpc) is 2.32. The van der Waals surface area contributed by atoms with Gasteiger partial charge in [0.2, 0.25) is 5.60 Å². The Kier molecular flexibility index (Phi) is 2.82. The van der Waals surface area contributed by atoms with Crippen molar-refractivity contribution >= 4 is 28.5 Å². The fraction of sp³-hybridized carbons (Fsp3) is 0.286. The predicted molar refractivity (Wildman–Crippen MR) is 71.6 cm³/mol. The first kappa shape index (κ1) is 12.2. The molecule has 3 rings (SSSR count). The van der Waals surface area contributed by atoms with Crippen molar-refractivity contribution in [3.8, 4) is 5.75 Å². The molecule has 2 aromatic rings. The number of carboxylic acids is 1. The highest BCUT2D eigenvalue weighted by atomic mass is 35.5. The van der Waals surface area contributed by atoms with E-state index in [-0.39, 0.29) is 0 Å². The molecule has 1 aliphatic rings. The maximum atomic E-state index is 11.4. The van der Waals surface area contributed by atoms with Crippen LogP contribution in [0, 0.1) is 0 Å². The Morgan fingerprint density at radius 2 is 2.11 bits per heavy atom. The lowest BCUT2D eigenvalue weighted by atomic mass is 9.80. The molecular weight excluding hydrogens is 266 g/mol. The molecule has 0 unspecified atom stereocenters. The molecule has 1 aliphatic carbocycles. The molecule has 5 heteroatoms. The van der Waals surface area contributed by atoms with E-state index < -0.39 is 11.6 Å². The molecule has 1 aromatic heterocycles. The van der Waals surface area contributed by atoms with E-state index in [0.29, 0.717) is 29.3 Å². The Bertz CT molecular complexity index is 652. The molecule has 0 radical (unpaired) electrons. The number of nitrogens with zero attached hydrogens (tertiary/aromatic N) is 1. The van der Waals surface area contributed by atoms with E-state index in [9.17, 15) is 9.90 Å². The smallest absolute Gasteiger partial charge is 0.348 e. The minimum atomic E-state index is -1.10. The number of para-hydroxylation sites is 1. The molecule has 0 aliphatic heterocycles. The molecule has 1 heterocycles. The largest absolute Gasteiger partial charge is 0.478 e. The van der Waals surface area contributed by atoms with Gasteiger partial charge >= 0.3 is 5.97 Å². The monoisotopic (exact) mass is 277 g/mol. The zero-order chi connectivity index (χ0) is 13.5. The minimum Gasteiger partial charge on any atom is -0.478 e. The summed E-state index contributed by atoms with van der Waals surface area (Å²) in [4.78, 5) is 15.5. The molecule has 19 heavy (non-hydrogen) atoms. The second kappa shape index (κ2) is 4.38. The lowest BCUT2D eigenvalue weighted by molar-refractivity contribution is -0.163. The lowest BCUT2D eigenvalue weighted by Crippen LogP contribution is -2.50. The quantitative estimate of drug-likeness (QED) is 0.875. The van der Waals surface area contributed by atoms with Crippen LogP contribution in [-0.4, -0.2) is 21.7 Å². The van der Waals surface area contributed by atoms with Crippen molar-refractivity contribution in [3.05, 3.63) is 35.5 Å². The number of hydrogen-bond acceptors (Lipinski definition) is 3. The third kappa shape index (κ3) is 2.02. The summed E-state index contributed by atoms with van der Waals surface area (Å²) < 4.78 is 5.77. The van der Waals surface area contributed by atoms with Crippen molar-refractivity contribution in [1.82, 2.24) is 4.98 Å². The van der Waals surface area contributed by atoms with Gasteiger partial charge in [-0.3, -0.25) is 0 Å². The lowest BCUT2D eigenvalue weighted by Gasteiger charge is -2.37. The van der Waals surface area contributed by atoms with Gasteiger partial charge in [-0.05, 0) is 31.4 Å². The SMILES string of the molecule is O=C(O)C1(Oc2cc(Cl)nc3ccccc23)CCC1. The Labute approximate surface area is 115 Å². The predicted octanol–water partition coefficient (Wildman–Crippen LogP) is 3.27. The van der Waals surface area contributed by atoms with E-state index in [0.717, 1.165) is 11.8 Å². The topological polar surface area (TPSA) is 59.4 Å². The van der Waals surface area contributed by atoms with Crippen LogP contribution in [0.1, 0.15) is 19.3 Å². The number of aliphatic carboxylic acids is 1. The van der Waals surface area contributed by atoms with Crippen LogP contribution in [0.2, 0.25) is 5.15 Å². The summed E-state index contributed by atoms with van der Waals surface area (Å²) in [6, 6.07) is 8.96. The maximum absolute atomic E-state index is 11.4. The molecule has 1 saturated carbocycles. The van der Waals surface area contributed by atoms with Crippen LogP contribution in [0.3, 0.4) is 0 Å². The molecule has 0 spiro atoms. The fourth-order valence-electron chi connectivity index (χ4n) is 2.27. The summed E-state index contributed by atoms with van der Waals surface area (Å²) in [7, 11) is 0. The van der Waals surface area contributed by atoms with Crippen LogP contribution in [0.25, 0.3) is 10.9 Å². The van der Waals surface area contributed by atoms with Gasteiger partial charge in [0.15, 0.2) is 0 Å². The van der Waals surface area contributed by atoms with Gasteiger partial charge < -0.3 is 9.84 Å². The van der Waals surface area contributed by atoms with E-state index in [4.69, 9.17) is 16.3 Å². The standard InChI is InChI=1S/C14H12ClNO3/c15-12-8-11(9-4-1-2-5-10(9)16-12)19-14(13(17)18)6-3-7-14/h1-2,4-5,8H,3,6-7H2,(H,17,18). The number of aromatic nitrogens is 1. The zero-order valence-electron chi connectivity index (χ0n) is 10.1. The van der Waals surface area contributed by atoms with Crippen LogP contribution in [-0.2, 0) is 4.79 Å². The highest BCUT2D eigenvalue weighted by molar-refractivity contribution is 6.30. The van der Waals surface area contributed by atoms with Gasteiger partial charge in [-0.2, -0.15) is 0 Å². The van der Waals surface area contributed by atoms with Gasteiger partial charge in [-0.1, -0.05) is 23.7 Å². The summed E-state index contributed by atoms with van der Waals surface area (Å²) in [6.45, 7) is 0. The van der Waals surface area contributed by atoms with E-state index in [1.165, 1.54) is 0 Å². The number of benzene rings is 1. The van der Waals surface area contributed by atoms with Crippen LogP contribution in [0.15, 0.2) is 30.3 Å². The first-order chi connectivity index (χ1) is 9.11. The normalized spacial score (nSPS) is 16.9. The van der Waals surface area contributed by atoms with E-state index >= 15 is 0 Å². The van der Waals surface area contributed by atoms with Crippen LogP contribution in [0.5, 0.6) is 5.75 Å². The van der Waals surface area contributed by atoms with Gasteiger partial charge in [0.05, 0.1) is 5.52 Å².